The van der Waals surface area contributed by atoms with Crippen molar-refractivity contribution in [1.82, 2.24) is 0 Å². The molecule has 0 rings (SSSR count). The number of hydrogen-bond acceptors (Lipinski definition) is 3. The standard InChI is InChI=1S/C8H10O3/c1-4-6-10-8(9)11-7(3)5-2/h2,4,7H,1,6H2,3H3. The highest BCUT2D eigenvalue weighted by atomic mass is 16.7. The van der Waals surface area contributed by atoms with Gasteiger partial charge < -0.3 is 9.47 Å². The maximum Gasteiger partial charge on any atom is 0.509 e. The lowest BCUT2D eigenvalue weighted by Gasteiger charge is -2.05. The normalized spacial score (nSPS) is 10.9. The zero-order valence-corrected chi connectivity index (χ0v) is 6.37. The first-order chi connectivity index (χ1) is 5.20. The summed E-state index contributed by atoms with van der Waals surface area (Å²) in [6, 6.07) is 0. The Bertz CT molecular complexity index is 178. The number of terminal acetylenes is 1. The Balaban J connectivity index is 3.53. The molecule has 0 fully saturated rings. The van der Waals surface area contributed by atoms with E-state index in [0.717, 1.165) is 0 Å². The Morgan fingerprint density at radius 2 is 2.55 bits per heavy atom. The second-order valence-corrected chi connectivity index (χ2v) is 1.78. The molecular formula is C8H10O3. The van der Waals surface area contributed by atoms with E-state index < -0.39 is 12.3 Å². The Hall–Kier alpha value is -1.43. The van der Waals surface area contributed by atoms with Gasteiger partial charge >= 0.3 is 6.16 Å². The molecule has 0 radical (unpaired) electrons. The molecule has 1 unspecified atom stereocenters. The van der Waals surface area contributed by atoms with Crippen LogP contribution in [-0.2, 0) is 9.47 Å². The average molecular weight is 154 g/mol. The van der Waals surface area contributed by atoms with Crippen molar-refractivity contribution in [3.63, 3.8) is 0 Å². The first-order valence-electron chi connectivity index (χ1n) is 3.11. The van der Waals surface area contributed by atoms with Crippen LogP contribution < -0.4 is 0 Å². The van der Waals surface area contributed by atoms with Gasteiger partial charge in [0, 0.05) is 0 Å². The van der Waals surface area contributed by atoms with E-state index in [0.29, 0.717) is 0 Å². The van der Waals surface area contributed by atoms with Gasteiger partial charge in [0.1, 0.15) is 6.61 Å². The number of carbonyl (C=O) groups excluding carboxylic acids is 1. The van der Waals surface area contributed by atoms with E-state index in [-0.39, 0.29) is 6.61 Å². The van der Waals surface area contributed by atoms with Crippen molar-refractivity contribution in [3.8, 4) is 12.3 Å². The second-order valence-electron chi connectivity index (χ2n) is 1.78. The number of rotatable bonds is 3. The summed E-state index contributed by atoms with van der Waals surface area (Å²) in [4.78, 5) is 10.6. The van der Waals surface area contributed by atoms with Crippen LogP contribution >= 0.6 is 0 Å². The van der Waals surface area contributed by atoms with E-state index in [9.17, 15) is 4.79 Å². The van der Waals surface area contributed by atoms with Crippen molar-refractivity contribution in [2.45, 2.75) is 13.0 Å². The van der Waals surface area contributed by atoms with Crippen LogP contribution in [0.1, 0.15) is 6.92 Å². The molecule has 0 aromatic rings. The first-order valence-corrected chi connectivity index (χ1v) is 3.11. The summed E-state index contributed by atoms with van der Waals surface area (Å²) in [5.74, 6) is 2.22. The molecule has 0 N–H and O–H groups in total. The van der Waals surface area contributed by atoms with Crippen molar-refractivity contribution < 1.29 is 14.3 Å². The average Bonchev–Trinajstić information content (AvgIpc) is 2.00. The third-order valence-electron chi connectivity index (χ3n) is 0.827. The topological polar surface area (TPSA) is 35.5 Å². The lowest BCUT2D eigenvalue weighted by Crippen LogP contribution is -2.14. The predicted octanol–water partition coefficient (Wildman–Crippen LogP) is 1.35. The summed E-state index contributed by atoms with van der Waals surface area (Å²) in [6.07, 6.45) is 5.08. The minimum Gasteiger partial charge on any atom is -0.430 e. The lowest BCUT2D eigenvalue weighted by atomic mass is 10.4. The van der Waals surface area contributed by atoms with Crippen LogP contribution in [-0.4, -0.2) is 18.9 Å². The fourth-order valence-electron chi connectivity index (χ4n) is 0.339. The van der Waals surface area contributed by atoms with Gasteiger partial charge in [0.25, 0.3) is 0 Å². The molecule has 0 aromatic carbocycles. The molecule has 0 amide bonds. The third-order valence-corrected chi connectivity index (χ3v) is 0.827. The minimum atomic E-state index is -0.768. The lowest BCUT2D eigenvalue weighted by molar-refractivity contribution is 0.0516. The van der Waals surface area contributed by atoms with Gasteiger partial charge in [-0.25, -0.2) is 4.79 Å². The Kier molecular flexibility index (Phi) is 4.67. The Morgan fingerprint density at radius 1 is 1.91 bits per heavy atom. The summed E-state index contributed by atoms with van der Waals surface area (Å²) >= 11 is 0. The van der Waals surface area contributed by atoms with Crippen LogP contribution in [0.5, 0.6) is 0 Å². The molecule has 0 saturated carbocycles. The molecule has 0 spiro atoms. The first kappa shape index (κ1) is 9.57. The van der Waals surface area contributed by atoms with Gasteiger partial charge in [0.05, 0.1) is 0 Å². The van der Waals surface area contributed by atoms with Gasteiger partial charge in [-0.15, -0.1) is 6.42 Å². The Morgan fingerprint density at radius 3 is 3.00 bits per heavy atom. The molecular weight excluding hydrogens is 144 g/mol. The van der Waals surface area contributed by atoms with Crippen LogP contribution in [0, 0.1) is 12.3 Å². The molecule has 3 nitrogen and oxygen atoms in total. The highest BCUT2D eigenvalue weighted by Gasteiger charge is 2.05. The van der Waals surface area contributed by atoms with Crippen LogP contribution in [0.2, 0.25) is 0 Å². The van der Waals surface area contributed by atoms with Gasteiger partial charge in [-0.1, -0.05) is 18.6 Å². The van der Waals surface area contributed by atoms with E-state index in [1.807, 2.05) is 0 Å². The summed E-state index contributed by atoms with van der Waals surface area (Å²) in [5, 5.41) is 0. The summed E-state index contributed by atoms with van der Waals surface area (Å²) in [6.45, 7) is 5.07. The summed E-state index contributed by atoms with van der Waals surface area (Å²) < 4.78 is 9.05. The van der Waals surface area contributed by atoms with Crippen molar-refractivity contribution in [2.24, 2.45) is 0 Å². The van der Waals surface area contributed by atoms with Crippen LogP contribution in [0.4, 0.5) is 4.79 Å². The van der Waals surface area contributed by atoms with Crippen LogP contribution in [0.15, 0.2) is 12.7 Å². The second kappa shape index (κ2) is 5.36. The van der Waals surface area contributed by atoms with Crippen molar-refractivity contribution in [3.05, 3.63) is 12.7 Å². The van der Waals surface area contributed by atoms with E-state index >= 15 is 0 Å². The molecule has 60 valence electrons. The number of ether oxygens (including phenoxy) is 2. The largest absolute Gasteiger partial charge is 0.509 e. The molecule has 11 heavy (non-hydrogen) atoms. The maximum atomic E-state index is 10.6. The number of hydrogen-bond donors (Lipinski definition) is 0. The molecule has 0 aromatic heterocycles. The Labute approximate surface area is 66.0 Å². The highest BCUT2D eigenvalue weighted by Crippen LogP contribution is 1.92. The van der Waals surface area contributed by atoms with Gasteiger partial charge in [-0.05, 0) is 6.92 Å². The van der Waals surface area contributed by atoms with Crippen LogP contribution in [0.25, 0.3) is 0 Å². The third kappa shape index (κ3) is 5.04. The van der Waals surface area contributed by atoms with Crippen molar-refractivity contribution >= 4 is 6.16 Å². The maximum absolute atomic E-state index is 10.6. The molecule has 0 aliphatic rings. The monoisotopic (exact) mass is 154 g/mol. The van der Waals surface area contributed by atoms with Crippen molar-refractivity contribution in [2.75, 3.05) is 6.61 Å². The predicted molar refractivity (Wildman–Crippen MR) is 40.9 cm³/mol. The molecule has 0 heterocycles. The molecule has 0 aliphatic carbocycles. The fourth-order valence-corrected chi connectivity index (χ4v) is 0.339. The smallest absolute Gasteiger partial charge is 0.430 e. The zero-order chi connectivity index (χ0) is 8.69. The van der Waals surface area contributed by atoms with E-state index in [1.165, 1.54) is 6.08 Å². The molecule has 0 bridgehead atoms. The quantitative estimate of drug-likeness (QED) is 0.349. The van der Waals surface area contributed by atoms with Crippen LogP contribution in [0.3, 0.4) is 0 Å². The van der Waals surface area contributed by atoms with Gasteiger partial charge in [-0.3, -0.25) is 0 Å². The SMILES string of the molecule is C#CC(C)OC(=O)OCC=C. The summed E-state index contributed by atoms with van der Waals surface area (Å²) in [5.41, 5.74) is 0. The minimum absolute atomic E-state index is 0.135. The van der Waals surface area contributed by atoms with E-state index in [2.05, 4.69) is 22.0 Å². The fraction of sp³-hybridized carbons (Fsp3) is 0.375. The molecule has 0 aliphatic heterocycles. The van der Waals surface area contributed by atoms with Gasteiger partial charge in [0.15, 0.2) is 6.10 Å². The number of carbonyl (C=O) groups is 1. The van der Waals surface area contributed by atoms with Crippen molar-refractivity contribution in [1.29, 1.82) is 0 Å². The van der Waals surface area contributed by atoms with Gasteiger partial charge in [-0.2, -0.15) is 0 Å². The molecule has 3 heteroatoms. The zero-order valence-electron chi connectivity index (χ0n) is 6.37. The summed E-state index contributed by atoms with van der Waals surface area (Å²) in [7, 11) is 0. The highest BCUT2D eigenvalue weighted by molar-refractivity contribution is 5.60. The molecule has 1 atom stereocenters. The van der Waals surface area contributed by atoms with Gasteiger partial charge in [0.2, 0.25) is 0 Å². The van der Waals surface area contributed by atoms with E-state index in [1.54, 1.807) is 6.92 Å². The molecule has 0 saturated heterocycles. The van der Waals surface area contributed by atoms with E-state index in [4.69, 9.17) is 6.42 Å².